The summed E-state index contributed by atoms with van der Waals surface area (Å²) in [7, 11) is 0. The topological polar surface area (TPSA) is 110 Å². The Balaban J connectivity index is 2.05. The number of aliphatic hydroxyl groups is 1. The number of aliphatic hydroxyl groups excluding tert-OH is 1. The van der Waals surface area contributed by atoms with Crippen molar-refractivity contribution in [1.29, 1.82) is 0 Å². The Hall–Kier alpha value is -3.31. The fraction of sp³-hybridized carbons (Fsp3) is 0.167. The molecule has 2 aromatic heterocycles. The second-order valence-corrected chi connectivity index (χ2v) is 6.47. The van der Waals surface area contributed by atoms with E-state index in [1.165, 1.54) is 18.7 Å². The van der Waals surface area contributed by atoms with Crippen molar-refractivity contribution in [3.8, 4) is 16.9 Å². The molecule has 156 valence electrons. The number of alkyl halides is 3. The summed E-state index contributed by atoms with van der Waals surface area (Å²) in [6.45, 7) is -1.12. The van der Waals surface area contributed by atoms with Crippen LogP contribution in [-0.4, -0.2) is 49.6 Å². The highest BCUT2D eigenvalue weighted by molar-refractivity contribution is 6.30. The van der Waals surface area contributed by atoms with Gasteiger partial charge in [0.2, 0.25) is 0 Å². The van der Waals surface area contributed by atoms with Crippen molar-refractivity contribution in [2.75, 3.05) is 6.54 Å². The first kappa shape index (κ1) is 21.4. The molecule has 0 saturated carbocycles. The molecule has 0 radical (unpaired) electrons. The molecule has 0 aliphatic heterocycles. The van der Waals surface area contributed by atoms with Crippen LogP contribution in [0.5, 0.6) is 0 Å². The van der Waals surface area contributed by atoms with Crippen molar-refractivity contribution < 1.29 is 23.1 Å². The lowest BCUT2D eigenvalue weighted by Crippen LogP contribution is -2.42. The first-order valence-corrected chi connectivity index (χ1v) is 8.73. The van der Waals surface area contributed by atoms with Crippen LogP contribution in [-0.2, 0) is 0 Å². The van der Waals surface area contributed by atoms with Gasteiger partial charge in [-0.1, -0.05) is 23.7 Å². The second kappa shape index (κ2) is 8.59. The van der Waals surface area contributed by atoms with E-state index in [0.717, 1.165) is 10.7 Å². The number of rotatable bonds is 5. The van der Waals surface area contributed by atoms with Gasteiger partial charge in [0.1, 0.15) is 17.6 Å². The Morgan fingerprint density at radius 1 is 1.20 bits per heavy atom. The molecule has 0 unspecified atom stereocenters. The molecule has 8 nitrogen and oxygen atoms in total. The number of halogens is 4. The van der Waals surface area contributed by atoms with Crippen LogP contribution in [0.25, 0.3) is 16.9 Å². The minimum atomic E-state index is -4.92. The van der Waals surface area contributed by atoms with Crippen molar-refractivity contribution in [1.82, 2.24) is 25.1 Å². The summed E-state index contributed by atoms with van der Waals surface area (Å²) in [5, 5.41) is 15.6. The lowest BCUT2D eigenvalue weighted by atomic mass is 10.1. The van der Waals surface area contributed by atoms with Crippen LogP contribution in [0.2, 0.25) is 5.02 Å². The van der Waals surface area contributed by atoms with Gasteiger partial charge in [0.05, 0.1) is 24.6 Å². The standard InChI is InChI=1S/C18H13ClF3N5O3/c19-11-3-1-10(2-4-11)14-5-13(16(29)25-8-15(28)18(20,21)22)17(30)27(26-14)12-6-23-9-24-7-12/h1-7,9,15,28H,8H2,(H,25,29)/t15-/m0/s1. The van der Waals surface area contributed by atoms with E-state index < -0.39 is 35.9 Å². The van der Waals surface area contributed by atoms with E-state index in [9.17, 15) is 22.8 Å². The number of carbonyl (C=O) groups is 1. The van der Waals surface area contributed by atoms with E-state index in [1.54, 1.807) is 24.3 Å². The monoisotopic (exact) mass is 439 g/mol. The summed E-state index contributed by atoms with van der Waals surface area (Å²) in [5.41, 5.74) is -0.566. The highest BCUT2D eigenvalue weighted by Crippen LogP contribution is 2.21. The number of hydrogen-bond acceptors (Lipinski definition) is 6. The number of nitrogens with zero attached hydrogens (tertiary/aromatic N) is 4. The molecule has 1 atom stereocenters. The maximum absolute atomic E-state index is 12.8. The van der Waals surface area contributed by atoms with Gasteiger partial charge in [0, 0.05) is 10.6 Å². The molecule has 1 aromatic carbocycles. The van der Waals surface area contributed by atoms with Crippen molar-refractivity contribution in [3.63, 3.8) is 0 Å². The quantitative estimate of drug-likeness (QED) is 0.629. The molecule has 2 heterocycles. The second-order valence-electron chi connectivity index (χ2n) is 6.03. The molecular formula is C18H13ClF3N5O3. The van der Waals surface area contributed by atoms with Gasteiger partial charge in [-0.25, -0.2) is 9.97 Å². The molecule has 1 amide bonds. The van der Waals surface area contributed by atoms with E-state index in [-0.39, 0.29) is 11.4 Å². The minimum absolute atomic E-state index is 0.141. The van der Waals surface area contributed by atoms with Gasteiger partial charge in [-0.05, 0) is 18.2 Å². The Kier molecular flexibility index (Phi) is 6.13. The molecule has 0 saturated heterocycles. The zero-order valence-electron chi connectivity index (χ0n) is 15.0. The maximum Gasteiger partial charge on any atom is 0.416 e. The van der Waals surface area contributed by atoms with Crippen molar-refractivity contribution >= 4 is 17.5 Å². The zero-order valence-corrected chi connectivity index (χ0v) is 15.7. The van der Waals surface area contributed by atoms with Crippen LogP contribution in [0, 0.1) is 0 Å². The SMILES string of the molecule is O=C(NC[C@H](O)C(F)(F)F)c1cc(-c2ccc(Cl)cc2)nn(-c2cncnc2)c1=O. The Labute approximate surface area is 172 Å². The first-order chi connectivity index (χ1) is 14.2. The fourth-order valence-electron chi connectivity index (χ4n) is 2.39. The number of nitrogens with one attached hydrogen (secondary N) is 1. The average Bonchev–Trinajstić information content (AvgIpc) is 2.72. The molecule has 3 rings (SSSR count). The highest BCUT2D eigenvalue weighted by Gasteiger charge is 2.38. The summed E-state index contributed by atoms with van der Waals surface area (Å²) in [6.07, 6.45) is -3.90. The van der Waals surface area contributed by atoms with E-state index in [2.05, 4.69) is 15.1 Å². The molecule has 0 aliphatic rings. The summed E-state index contributed by atoms with van der Waals surface area (Å²) in [4.78, 5) is 32.8. The van der Waals surface area contributed by atoms with Crippen LogP contribution >= 0.6 is 11.6 Å². The van der Waals surface area contributed by atoms with Crippen LogP contribution in [0.1, 0.15) is 10.4 Å². The van der Waals surface area contributed by atoms with Gasteiger partial charge < -0.3 is 10.4 Å². The normalized spacial score (nSPS) is 12.4. The predicted octanol–water partition coefficient (Wildman–Crippen LogP) is 2.00. The van der Waals surface area contributed by atoms with Crippen LogP contribution < -0.4 is 10.9 Å². The Morgan fingerprint density at radius 2 is 1.83 bits per heavy atom. The van der Waals surface area contributed by atoms with Crippen molar-refractivity contribution in [2.45, 2.75) is 12.3 Å². The van der Waals surface area contributed by atoms with Gasteiger partial charge in [-0.2, -0.15) is 23.0 Å². The fourth-order valence-corrected chi connectivity index (χ4v) is 2.52. The first-order valence-electron chi connectivity index (χ1n) is 8.35. The van der Waals surface area contributed by atoms with Gasteiger partial charge in [0.15, 0.2) is 6.10 Å². The number of carbonyl (C=O) groups excluding carboxylic acids is 1. The van der Waals surface area contributed by atoms with Gasteiger partial charge >= 0.3 is 6.18 Å². The third kappa shape index (κ3) is 4.81. The largest absolute Gasteiger partial charge is 0.416 e. The summed E-state index contributed by atoms with van der Waals surface area (Å²) < 4.78 is 38.3. The minimum Gasteiger partial charge on any atom is -0.382 e. The van der Waals surface area contributed by atoms with E-state index in [0.29, 0.717) is 10.6 Å². The zero-order chi connectivity index (χ0) is 21.9. The molecule has 0 aliphatic carbocycles. The number of amides is 1. The van der Waals surface area contributed by atoms with Crippen molar-refractivity contribution in [3.05, 3.63) is 70.0 Å². The van der Waals surface area contributed by atoms with Crippen LogP contribution in [0.4, 0.5) is 13.2 Å². The van der Waals surface area contributed by atoms with Crippen LogP contribution in [0.3, 0.4) is 0 Å². The smallest absolute Gasteiger partial charge is 0.382 e. The summed E-state index contributed by atoms with van der Waals surface area (Å²) >= 11 is 5.87. The van der Waals surface area contributed by atoms with Crippen molar-refractivity contribution in [2.24, 2.45) is 0 Å². The molecule has 30 heavy (non-hydrogen) atoms. The molecule has 3 aromatic rings. The third-order valence-corrected chi connectivity index (χ3v) is 4.17. The lowest BCUT2D eigenvalue weighted by Gasteiger charge is -2.15. The number of hydrogen-bond donors (Lipinski definition) is 2. The van der Waals surface area contributed by atoms with Gasteiger partial charge in [-0.15, -0.1) is 0 Å². The van der Waals surface area contributed by atoms with E-state index in [1.807, 2.05) is 5.32 Å². The number of aromatic nitrogens is 4. The third-order valence-electron chi connectivity index (χ3n) is 3.92. The maximum atomic E-state index is 12.8. The predicted molar refractivity (Wildman–Crippen MR) is 100 cm³/mol. The summed E-state index contributed by atoms with van der Waals surface area (Å²) in [5.74, 6) is -1.11. The van der Waals surface area contributed by atoms with E-state index >= 15 is 0 Å². The average molecular weight is 440 g/mol. The highest BCUT2D eigenvalue weighted by atomic mass is 35.5. The molecule has 0 spiro atoms. The van der Waals surface area contributed by atoms with Gasteiger partial charge in [-0.3, -0.25) is 9.59 Å². The number of benzene rings is 1. The molecule has 0 bridgehead atoms. The Morgan fingerprint density at radius 3 is 2.43 bits per heavy atom. The molecular weight excluding hydrogens is 427 g/mol. The Bertz CT molecular complexity index is 1100. The lowest BCUT2D eigenvalue weighted by molar-refractivity contribution is -0.201. The van der Waals surface area contributed by atoms with Crippen LogP contribution in [0.15, 0.2) is 53.8 Å². The van der Waals surface area contributed by atoms with Gasteiger partial charge in [0.25, 0.3) is 11.5 Å². The van der Waals surface area contributed by atoms with E-state index in [4.69, 9.17) is 16.7 Å². The molecule has 0 fully saturated rings. The summed E-state index contributed by atoms with van der Waals surface area (Å²) in [6, 6.07) is 7.46. The molecule has 2 N–H and O–H groups in total. The molecule has 12 heteroatoms.